The fraction of sp³-hybridized carbons (Fsp3) is 0.333. The topological polar surface area (TPSA) is 52.9 Å². The molecule has 1 aliphatic carbocycles. The lowest BCUT2D eigenvalue weighted by Gasteiger charge is -2.40. The molecule has 22 heavy (non-hydrogen) atoms. The highest BCUT2D eigenvalue weighted by atomic mass is 16.5. The summed E-state index contributed by atoms with van der Waals surface area (Å²) in [4.78, 5) is 2.34. The van der Waals surface area contributed by atoms with Crippen LogP contribution in [0.1, 0.15) is 22.7 Å². The van der Waals surface area contributed by atoms with Gasteiger partial charge in [-0.15, -0.1) is 0 Å². The maximum atomic E-state index is 10.7. The van der Waals surface area contributed by atoms with E-state index in [2.05, 4.69) is 11.9 Å². The summed E-state index contributed by atoms with van der Waals surface area (Å²) in [7, 11) is 3.71. The molecule has 2 N–H and O–H groups in total. The molecular weight excluding hydrogens is 278 g/mol. The molecule has 4 nitrogen and oxygen atoms in total. The van der Waals surface area contributed by atoms with Crippen molar-refractivity contribution in [2.75, 3.05) is 20.7 Å². The van der Waals surface area contributed by atoms with Crippen LogP contribution in [0.2, 0.25) is 0 Å². The first-order valence-electron chi connectivity index (χ1n) is 7.55. The number of aromatic hydroxyl groups is 2. The minimum absolute atomic E-state index is 0.174. The van der Waals surface area contributed by atoms with Crippen LogP contribution >= 0.6 is 0 Å². The maximum absolute atomic E-state index is 10.7. The molecule has 0 spiro atoms. The van der Waals surface area contributed by atoms with Gasteiger partial charge in [-0.05, 0) is 60.3 Å². The minimum atomic E-state index is 0.174. The third-order valence-electron chi connectivity index (χ3n) is 4.99. The van der Waals surface area contributed by atoms with Gasteiger partial charge in [-0.1, -0.05) is 6.07 Å². The van der Waals surface area contributed by atoms with Gasteiger partial charge in [-0.3, -0.25) is 4.90 Å². The number of methoxy groups -OCH3 is 1. The second-order valence-electron chi connectivity index (χ2n) is 6.17. The third-order valence-corrected chi connectivity index (χ3v) is 4.99. The van der Waals surface area contributed by atoms with E-state index in [1.165, 1.54) is 11.1 Å². The van der Waals surface area contributed by atoms with Crippen LogP contribution in [0.15, 0.2) is 24.3 Å². The van der Waals surface area contributed by atoms with E-state index < -0.39 is 0 Å². The molecular formula is C18H19NO3. The fourth-order valence-electron chi connectivity index (χ4n) is 3.85. The van der Waals surface area contributed by atoms with Crippen molar-refractivity contribution in [3.05, 3.63) is 41.0 Å². The van der Waals surface area contributed by atoms with E-state index in [1.54, 1.807) is 19.2 Å². The number of rotatable bonds is 1. The third kappa shape index (κ3) is 1.74. The number of ether oxygens (including phenoxy) is 1. The summed E-state index contributed by atoms with van der Waals surface area (Å²) in [6.45, 7) is 0.998. The van der Waals surface area contributed by atoms with E-state index in [4.69, 9.17) is 4.74 Å². The van der Waals surface area contributed by atoms with Crippen molar-refractivity contribution in [2.45, 2.75) is 18.9 Å². The largest absolute Gasteiger partial charge is 0.508 e. The van der Waals surface area contributed by atoms with Gasteiger partial charge in [0, 0.05) is 18.2 Å². The predicted molar refractivity (Wildman–Crippen MR) is 84.5 cm³/mol. The Kier molecular flexibility index (Phi) is 2.84. The van der Waals surface area contributed by atoms with Crippen LogP contribution in [-0.2, 0) is 12.8 Å². The number of benzene rings is 2. The van der Waals surface area contributed by atoms with Crippen molar-refractivity contribution >= 4 is 0 Å². The van der Waals surface area contributed by atoms with E-state index in [0.717, 1.165) is 36.1 Å². The Bertz CT molecular complexity index is 769. The second kappa shape index (κ2) is 4.65. The standard InChI is InChI=1S/C18H19NO3/c1-19-6-5-11-8-15(22-2)18(21)17-13-9-12(20)4-3-10(13)7-14(19)16(11)17/h3-4,8-9,14,20-21H,5-7H2,1-2H3/t14-/m0/s1. The van der Waals surface area contributed by atoms with Gasteiger partial charge >= 0.3 is 0 Å². The number of likely N-dealkylation sites (N-methyl/N-ethyl adjacent to an activating group) is 1. The van der Waals surface area contributed by atoms with Gasteiger partial charge < -0.3 is 14.9 Å². The zero-order valence-corrected chi connectivity index (χ0v) is 12.8. The summed E-state index contributed by atoms with van der Waals surface area (Å²) < 4.78 is 5.36. The number of phenols is 2. The highest BCUT2D eigenvalue weighted by molar-refractivity contribution is 5.83. The molecule has 0 saturated carbocycles. The molecule has 4 heteroatoms. The molecule has 0 fully saturated rings. The molecule has 0 amide bonds. The Morgan fingerprint density at radius 3 is 2.77 bits per heavy atom. The summed E-state index contributed by atoms with van der Waals surface area (Å²) in [5.74, 6) is 0.902. The van der Waals surface area contributed by atoms with Crippen LogP contribution in [0.4, 0.5) is 0 Å². The number of hydrogen-bond acceptors (Lipinski definition) is 4. The van der Waals surface area contributed by atoms with Crippen molar-refractivity contribution in [3.63, 3.8) is 0 Å². The Labute approximate surface area is 129 Å². The molecule has 0 bridgehead atoms. The molecule has 0 aromatic heterocycles. The van der Waals surface area contributed by atoms with Gasteiger partial charge in [0.1, 0.15) is 5.75 Å². The summed E-state index contributed by atoms with van der Waals surface area (Å²) >= 11 is 0. The van der Waals surface area contributed by atoms with E-state index in [0.29, 0.717) is 5.75 Å². The lowest BCUT2D eigenvalue weighted by atomic mass is 9.76. The first kappa shape index (κ1) is 13.5. The van der Waals surface area contributed by atoms with Crippen LogP contribution in [0.3, 0.4) is 0 Å². The monoisotopic (exact) mass is 297 g/mol. The quantitative estimate of drug-likeness (QED) is 0.850. The van der Waals surface area contributed by atoms with Crippen LogP contribution in [0.25, 0.3) is 11.1 Å². The molecule has 4 rings (SSSR count). The van der Waals surface area contributed by atoms with Gasteiger partial charge in [-0.25, -0.2) is 0 Å². The summed E-state index contributed by atoms with van der Waals surface area (Å²) in [6.07, 6.45) is 1.85. The SMILES string of the molecule is COc1cc2c3c(c1O)-c1cc(O)ccc1C[C@@H]3N(C)CC2. The molecule has 2 aromatic rings. The molecule has 0 unspecified atom stereocenters. The molecule has 0 saturated heterocycles. The molecule has 1 atom stereocenters. The summed E-state index contributed by atoms with van der Waals surface area (Å²) in [6, 6.07) is 7.64. The lowest BCUT2D eigenvalue weighted by molar-refractivity contribution is 0.227. The minimum Gasteiger partial charge on any atom is -0.508 e. The molecule has 114 valence electrons. The van der Waals surface area contributed by atoms with Crippen molar-refractivity contribution in [1.29, 1.82) is 0 Å². The summed E-state index contributed by atoms with van der Waals surface area (Å²) in [5.41, 5.74) is 5.31. The normalized spacial score (nSPS) is 19.5. The van der Waals surface area contributed by atoms with E-state index in [-0.39, 0.29) is 17.5 Å². The van der Waals surface area contributed by atoms with Crippen LogP contribution in [0, 0.1) is 0 Å². The maximum Gasteiger partial charge on any atom is 0.166 e. The summed E-state index contributed by atoms with van der Waals surface area (Å²) in [5, 5.41) is 20.6. The molecule has 2 aliphatic rings. The number of fused-ring (bicyclic) bond motifs is 2. The van der Waals surface area contributed by atoms with Crippen molar-refractivity contribution in [2.24, 2.45) is 0 Å². The zero-order valence-electron chi connectivity index (χ0n) is 12.8. The van der Waals surface area contributed by atoms with Crippen LogP contribution in [-0.4, -0.2) is 35.8 Å². The van der Waals surface area contributed by atoms with E-state index in [1.807, 2.05) is 12.1 Å². The lowest BCUT2D eigenvalue weighted by Crippen LogP contribution is -2.35. The smallest absolute Gasteiger partial charge is 0.166 e. The molecule has 1 heterocycles. The average molecular weight is 297 g/mol. The van der Waals surface area contributed by atoms with Crippen LogP contribution in [0.5, 0.6) is 17.2 Å². The molecule has 1 aliphatic heterocycles. The number of hydrogen-bond donors (Lipinski definition) is 2. The van der Waals surface area contributed by atoms with Gasteiger partial charge in [-0.2, -0.15) is 0 Å². The van der Waals surface area contributed by atoms with E-state index in [9.17, 15) is 10.2 Å². The van der Waals surface area contributed by atoms with Gasteiger partial charge in [0.15, 0.2) is 11.5 Å². The van der Waals surface area contributed by atoms with Crippen molar-refractivity contribution in [3.8, 4) is 28.4 Å². The highest BCUT2D eigenvalue weighted by Gasteiger charge is 2.35. The molecule has 2 aromatic carbocycles. The molecule has 0 radical (unpaired) electrons. The Morgan fingerprint density at radius 2 is 2.00 bits per heavy atom. The Hall–Kier alpha value is -2.20. The highest BCUT2D eigenvalue weighted by Crippen LogP contribution is 2.52. The fourth-order valence-corrected chi connectivity index (χ4v) is 3.85. The van der Waals surface area contributed by atoms with Crippen molar-refractivity contribution in [1.82, 2.24) is 4.90 Å². The predicted octanol–water partition coefficient (Wildman–Crippen LogP) is 2.86. The van der Waals surface area contributed by atoms with Crippen LogP contribution < -0.4 is 4.74 Å². The Morgan fingerprint density at radius 1 is 1.18 bits per heavy atom. The Balaban J connectivity index is 2.08. The number of phenolic OH excluding ortho intramolecular Hbond substituents is 2. The zero-order chi connectivity index (χ0) is 15.4. The first-order valence-corrected chi connectivity index (χ1v) is 7.55. The van der Waals surface area contributed by atoms with E-state index >= 15 is 0 Å². The second-order valence-corrected chi connectivity index (χ2v) is 6.17. The average Bonchev–Trinajstić information content (AvgIpc) is 2.52. The van der Waals surface area contributed by atoms with Gasteiger partial charge in [0.05, 0.1) is 7.11 Å². The van der Waals surface area contributed by atoms with Gasteiger partial charge in [0.2, 0.25) is 0 Å². The van der Waals surface area contributed by atoms with Gasteiger partial charge in [0.25, 0.3) is 0 Å². The first-order chi connectivity index (χ1) is 10.6. The van der Waals surface area contributed by atoms with Crippen molar-refractivity contribution < 1.29 is 14.9 Å². The number of nitrogens with zero attached hydrogens (tertiary/aromatic N) is 1.